The summed E-state index contributed by atoms with van der Waals surface area (Å²) in [7, 11) is 0. The van der Waals surface area contributed by atoms with Crippen LogP contribution in [0.5, 0.6) is 0 Å². The Labute approximate surface area is 73.9 Å². The highest BCUT2D eigenvalue weighted by Gasteiger charge is 2.34. The van der Waals surface area contributed by atoms with Crippen LogP contribution in [0.1, 0.15) is 32.6 Å². The minimum absolute atomic E-state index is 0.130. The molecule has 3 unspecified atom stereocenters. The fourth-order valence-corrected chi connectivity index (χ4v) is 2.04. The Hall–Kier alpha value is -0.0800. The van der Waals surface area contributed by atoms with Gasteiger partial charge in [0.25, 0.3) is 0 Å². The summed E-state index contributed by atoms with van der Waals surface area (Å²) >= 11 is 0. The normalized spacial score (nSPS) is 38.5. The molecule has 0 aromatic carbocycles. The van der Waals surface area contributed by atoms with Crippen LogP contribution in [0.4, 0.5) is 0 Å². The van der Waals surface area contributed by atoms with Gasteiger partial charge in [0.2, 0.25) is 0 Å². The summed E-state index contributed by atoms with van der Waals surface area (Å²) in [6, 6.07) is 0. The summed E-state index contributed by atoms with van der Waals surface area (Å²) in [5.41, 5.74) is 0. The van der Waals surface area contributed by atoms with Gasteiger partial charge in [0.1, 0.15) is 0 Å². The van der Waals surface area contributed by atoms with E-state index < -0.39 is 0 Å². The van der Waals surface area contributed by atoms with Crippen LogP contribution >= 0.6 is 0 Å². The lowest BCUT2D eigenvalue weighted by atomic mass is 9.96. The van der Waals surface area contributed by atoms with Crippen LogP contribution in [0.15, 0.2) is 0 Å². The maximum atomic E-state index is 9.80. The largest absolute Gasteiger partial charge is 0.390 e. The second-order valence-electron chi connectivity index (χ2n) is 4.35. The lowest BCUT2D eigenvalue weighted by Gasteiger charge is -2.20. The average molecular weight is 170 g/mol. The molecule has 1 saturated heterocycles. The number of ether oxygens (including phenoxy) is 1. The molecule has 70 valence electrons. The molecule has 1 N–H and O–H groups in total. The molecule has 0 radical (unpaired) electrons. The van der Waals surface area contributed by atoms with Gasteiger partial charge in [-0.3, -0.25) is 0 Å². The van der Waals surface area contributed by atoms with E-state index in [1.165, 1.54) is 12.8 Å². The van der Waals surface area contributed by atoms with Gasteiger partial charge in [-0.1, -0.05) is 19.8 Å². The van der Waals surface area contributed by atoms with E-state index >= 15 is 0 Å². The molecule has 1 aliphatic carbocycles. The fraction of sp³-hybridized carbons (Fsp3) is 1.00. The van der Waals surface area contributed by atoms with Gasteiger partial charge in [0, 0.05) is 6.61 Å². The maximum Gasteiger partial charge on any atom is 0.0860 e. The van der Waals surface area contributed by atoms with Crippen molar-refractivity contribution in [2.45, 2.75) is 44.8 Å². The maximum absolute atomic E-state index is 9.80. The summed E-state index contributed by atoms with van der Waals surface area (Å²) in [5, 5.41) is 9.80. The minimum Gasteiger partial charge on any atom is -0.390 e. The molecule has 2 rings (SSSR count). The number of rotatable bonds is 3. The Bertz CT molecular complexity index is 154. The minimum atomic E-state index is -0.199. The van der Waals surface area contributed by atoms with Gasteiger partial charge in [0.05, 0.1) is 12.2 Å². The number of hydrogen-bond acceptors (Lipinski definition) is 2. The van der Waals surface area contributed by atoms with E-state index in [2.05, 4.69) is 6.92 Å². The van der Waals surface area contributed by atoms with Gasteiger partial charge in [-0.25, -0.2) is 0 Å². The van der Waals surface area contributed by atoms with Crippen molar-refractivity contribution in [2.75, 3.05) is 6.61 Å². The van der Waals surface area contributed by atoms with E-state index in [1.807, 2.05) is 0 Å². The molecule has 0 aromatic heterocycles. The zero-order chi connectivity index (χ0) is 8.55. The molecule has 2 fully saturated rings. The Morgan fingerprint density at radius 2 is 2.17 bits per heavy atom. The third-order valence-corrected chi connectivity index (χ3v) is 3.10. The molecule has 0 spiro atoms. The van der Waals surface area contributed by atoms with Gasteiger partial charge in [-0.2, -0.15) is 0 Å². The predicted molar refractivity (Wildman–Crippen MR) is 46.9 cm³/mol. The van der Waals surface area contributed by atoms with Gasteiger partial charge >= 0.3 is 0 Å². The molecule has 1 heterocycles. The van der Waals surface area contributed by atoms with Crippen LogP contribution < -0.4 is 0 Å². The third kappa shape index (κ3) is 1.80. The van der Waals surface area contributed by atoms with Gasteiger partial charge < -0.3 is 9.84 Å². The van der Waals surface area contributed by atoms with Crippen LogP contribution in [0, 0.1) is 11.8 Å². The highest BCUT2D eigenvalue weighted by atomic mass is 16.5. The number of hydrogen-bond donors (Lipinski definition) is 1. The van der Waals surface area contributed by atoms with Crippen molar-refractivity contribution in [2.24, 2.45) is 11.8 Å². The van der Waals surface area contributed by atoms with Crippen molar-refractivity contribution in [3.63, 3.8) is 0 Å². The van der Waals surface area contributed by atoms with Crippen molar-refractivity contribution in [1.82, 2.24) is 0 Å². The van der Waals surface area contributed by atoms with E-state index in [0.717, 1.165) is 25.4 Å². The van der Waals surface area contributed by atoms with E-state index in [0.29, 0.717) is 5.92 Å². The average Bonchev–Trinajstić information content (AvgIpc) is 2.72. The SMILES string of the molecule is CC1CCOC1C(O)CC1CC1. The van der Waals surface area contributed by atoms with Gasteiger partial charge in [-0.05, 0) is 24.7 Å². The van der Waals surface area contributed by atoms with Crippen molar-refractivity contribution >= 4 is 0 Å². The predicted octanol–water partition coefficient (Wildman–Crippen LogP) is 1.57. The molecule has 0 bridgehead atoms. The van der Waals surface area contributed by atoms with Crippen LogP contribution in [-0.4, -0.2) is 23.9 Å². The van der Waals surface area contributed by atoms with Crippen LogP contribution in [0.3, 0.4) is 0 Å². The number of aliphatic hydroxyl groups excluding tert-OH is 1. The smallest absolute Gasteiger partial charge is 0.0860 e. The van der Waals surface area contributed by atoms with Crippen molar-refractivity contribution in [3.05, 3.63) is 0 Å². The summed E-state index contributed by atoms with van der Waals surface area (Å²) < 4.78 is 5.51. The van der Waals surface area contributed by atoms with Crippen molar-refractivity contribution in [3.8, 4) is 0 Å². The standard InChI is InChI=1S/C10H18O2/c1-7-4-5-12-10(7)9(11)6-8-2-3-8/h7-11H,2-6H2,1H3. The zero-order valence-electron chi connectivity index (χ0n) is 7.70. The Morgan fingerprint density at radius 1 is 1.42 bits per heavy atom. The molecular weight excluding hydrogens is 152 g/mol. The first kappa shape index (κ1) is 8.52. The molecule has 1 aliphatic heterocycles. The highest BCUT2D eigenvalue weighted by Crippen LogP contribution is 2.36. The molecule has 0 aromatic rings. The second kappa shape index (κ2) is 3.35. The molecule has 1 saturated carbocycles. The first-order valence-electron chi connectivity index (χ1n) is 5.07. The molecule has 2 aliphatic rings. The highest BCUT2D eigenvalue weighted by molar-refractivity contribution is 4.84. The summed E-state index contributed by atoms with van der Waals surface area (Å²) in [6.45, 7) is 3.02. The Morgan fingerprint density at radius 3 is 2.67 bits per heavy atom. The van der Waals surface area contributed by atoms with Crippen molar-refractivity contribution < 1.29 is 9.84 Å². The van der Waals surface area contributed by atoms with Crippen LogP contribution in [0.2, 0.25) is 0 Å². The second-order valence-corrected chi connectivity index (χ2v) is 4.35. The molecule has 0 amide bonds. The first-order chi connectivity index (χ1) is 5.77. The van der Waals surface area contributed by atoms with E-state index in [4.69, 9.17) is 4.74 Å². The van der Waals surface area contributed by atoms with Crippen molar-refractivity contribution in [1.29, 1.82) is 0 Å². The Balaban J connectivity index is 1.80. The fourth-order valence-electron chi connectivity index (χ4n) is 2.04. The quantitative estimate of drug-likeness (QED) is 0.696. The topological polar surface area (TPSA) is 29.5 Å². The summed E-state index contributed by atoms with van der Waals surface area (Å²) in [6.07, 6.45) is 4.65. The molecule has 3 atom stereocenters. The lowest BCUT2D eigenvalue weighted by molar-refractivity contribution is -0.0224. The third-order valence-electron chi connectivity index (χ3n) is 3.10. The first-order valence-corrected chi connectivity index (χ1v) is 5.07. The van der Waals surface area contributed by atoms with E-state index in [-0.39, 0.29) is 12.2 Å². The summed E-state index contributed by atoms with van der Waals surface area (Å²) in [4.78, 5) is 0. The van der Waals surface area contributed by atoms with E-state index in [1.54, 1.807) is 0 Å². The van der Waals surface area contributed by atoms with Crippen LogP contribution in [0.25, 0.3) is 0 Å². The molecule has 2 heteroatoms. The Kier molecular flexibility index (Phi) is 2.37. The molecular formula is C10H18O2. The molecule has 2 nitrogen and oxygen atoms in total. The van der Waals surface area contributed by atoms with Gasteiger partial charge in [0.15, 0.2) is 0 Å². The van der Waals surface area contributed by atoms with E-state index in [9.17, 15) is 5.11 Å². The monoisotopic (exact) mass is 170 g/mol. The van der Waals surface area contributed by atoms with Crippen LogP contribution in [-0.2, 0) is 4.74 Å². The van der Waals surface area contributed by atoms with Gasteiger partial charge in [-0.15, -0.1) is 0 Å². The molecule has 12 heavy (non-hydrogen) atoms. The lowest BCUT2D eigenvalue weighted by Crippen LogP contribution is -2.30. The number of aliphatic hydroxyl groups is 1. The zero-order valence-corrected chi connectivity index (χ0v) is 7.70. The summed E-state index contributed by atoms with van der Waals surface area (Å²) in [5.74, 6) is 1.36.